The Hall–Kier alpha value is -1.19. The molecule has 84 valence electrons. The maximum Gasteiger partial charge on any atom is 0.0579 e. The summed E-state index contributed by atoms with van der Waals surface area (Å²) in [7, 11) is 0. The van der Waals surface area contributed by atoms with Crippen molar-refractivity contribution in [1.29, 1.82) is 0 Å². The summed E-state index contributed by atoms with van der Waals surface area (Å²) in [5, 5.41) is 6.09. The lowest BCUT2D eigenvalue weighted by Crippen LogP contribution is -2.06. The molecule has 1 unspecified atom stereocenters. The van der Waals surface area contributed by atoms with Crippen molar-refractivity contribution in [3.8, 4) is 0 Å². The highest BCUT2D eigenvalue weighted by Gasteiger charge is 2.07. The standard InChI is InChI=1S/C12H13ClN2S/c1-8(12-3-2-6-16-12)15-11-5-4-9(13)7-10(11)14/h2-8,15H,14H2,1H3. The van der Waals surface area contributed by atoms with E-state index in [0.717, 1.165) is 5.69 Å². The molecule has 1 heterocycles. The first-order chi connectivity index (χ1) is 7.66. The van der Waals surface area contributed by atoms with Crippen LogP contribution in [0.4, 0.5) is 11.4 Å². The van der Waals surface area contributed by atoms with E-state index in [-0.39, 0.29) is 6.04 Å². The Morgan fingerprint density at radius 1 is 1.38 bits per heavy atom. The highest BCUT2D eigenvalue weighted by atomic mass is 35.5. The number of nitrogens with one attached hydrogen (secondary N) is 1. The molecule has 4 heteroatoms. The second-order valence-corrected chi connectivity index (χ2v) is 5.03. The number of benzene rings is 1. The van der Waals surface area contributed by atoms with Crippen molar-refractivity contribution in [1.82, 2.24) is 0 Å². The van der Waals surface area contributed by atoms with Crippen LogP contribution in [-0.2, 0) is 0 Å². The maximum absolute atomic E-state index is 5.88. The molecule has 0 fully saturated rings. The van der Waals surface area contributed by atoms with E-state index in [9.17, 15) is 0 Å². The van der Waals surface area contributed by atoms with Gasteiger partial charge in [-0.25, -0.2) is 0 Å². The first-order valence-electron chi connectivity index (χ1n) is 5.02. The molecular weight excluding hydrogens is 240 g/mol. The SMILES string of the molecule is CC(Nc1ccc(Cl)cc1N)c1cccs1. The van der Waals surface area contributed by atoms with E-state index in [2.05, 4.69) is 23.7 Å². The third kappa shape index (κ3) is 2.49. The van der Waals surface area contributed by atoms with E-state index in [1.54, 1.807) is 17.4 Å². The minimum atomic E-state index is 0.253. The van der Waals surface area contributed by atoms with Crippen LogP contribution < -0.4 is 11.1 Å². The Bertz CT molecular complexity index is 468. The van der Waals surface area contributed by atoms with Crippen molar-refractivity contribution in [2.45, 2.75) is 13.0 Å². The lowest BCUT2D eigenvalue weighted by molar-refractivity contribution is 0.909. The summed E-state index contributed by atoms with van der Waals surface area (Å²) < 4.78 is 0. The molecule has 1 aromatic heterocycles. The molecule has 0 aliphatic carbocycles. The summed E-state index contributed by atoms with van der Waals surface area (Å²) in [6, 6.07) is 9.90. The largest absolute Gasteiger partial charge is 0.397 e. The van der Waals surface area contributed by atoms with Gasteiger partial charge in [0, 0.05) is 9.90 Å². The summed E-state index contributed by atoms with van der Waals surface area (Å²) in [6.45, 7) is 2.11. The molecule has 1 atom stereocenters. The molecule has 16 heavy (non-hydrogen) atoms. The van der Waals surface area contributed by atoms with Gasteiger partial charge in [0.1, 0.15) is 0 Å². The molecule has 0 radical (unpaired) electrons. The monoisotopic (exact) mass is 252 g/mol. The predicted molar refractivity (Wildman–Crippen MR) is 72.2 cm³/mol. The number of anilines is 2. The van der Waals surface area contributed by atoms with E-state index >= 15 is 0 Å². The van der Waals surface area contributed by atoms with Crippen LogP contribution in [0.5, 0.6) is 0 Å². The minimum absolute atomic E-state index is 0.253. The third-order valence-electron chi connectivity index (χ3n) is 2.36. The molecular formula is C12H13ClN2S. The molecule has 2 rings (SSSR count). The summed E-state index contributed by atoms with van der Waals surface area (Å²) >= 11 is 7.58. The lowest BCUT2D eigenvalue weighted by atomic mass is 10.2. The van der Waals surface area contributed by atoms with Crippen LogP contribution >= 0.6 is 22.9 Å². The highest BCUT2D eigenvalue weighted by molar-refractivity contribution is 7.10. The van der Waals surface area contributed by atoms with Crippen LogP contribution in [0.25, 0.3) is 0 Å². The quantitative estimate of drug-likeness (QED) is 0.805. The lowest BCUT2D eigenvalue weighted by Gasteiger charge is -2.15. The fraction of sp³-hybridized carbons (Fsp3) is 0.167. The van der Waals surface area contributed by atoms with Gasteiger partial charge in [-0.3, -0.25) is 0 Å². The molecule has 0 aliphatic heterocycles. The van der Waals surface area contributed by atoms with Crippen LogP contribution in [-0.4, -0.2) is 0 Å². The molecule has 0 saturated heterocycles. The van der Waals surface area contributed by atoms with Crippen molar-refractivity contribution >= 4 is 34.3 Å². The maximum atomic E-state index is 5.88. The number of thiophene rings is 1. The number of halogens is 1. The van der Waals surface area contributed by atoms with Gasteiger partial charge in [-0.15, -0.1) is 11.3 Å². The van der Waals surface area contributed by atoms with Gasteiger partial charge in [-0.05, 0) is 36.6 Å². The van der Waals surface area contributed by atoms with Crippen molar-refractivity contribution in [2.24, 2.45) is 0 Å². The van der Waals surface area contributed by atoms with E-state index in [1.807, 2.05) is 18.2 Å². The second-order valence-electron chi connectivity index (χ2n) is 3.61. The van der Waals surface area contributed by atoms with Gasteiger partial charge in [0.25, 0.3) is 0 Å². The Balaban J connectivity index is 2.15. The Morgan fingerprint density at radius 2 is 2.19 bits per heavy atom. The topological polar surface area (TPSA) is 38.0 Å². The summed E-state index contributed by atoms with van der Waals surface area (Å²) in [6.07, 6.45) is 0. The molecule has 2 nitrogen and oxygen atoms in total. The summed E-state index contributed by atoms with van der Waals surface area (Å²) in [5.74, 6) is 0. The number of nitrogens with two attached hydrogens (primary N) is 1. The average molecular weight is 253 g/mol. The van der Waals surface area contributed by atoms with Gasteiger partial charge < -0.3 is 11.1 Å². The number of rotatable bonds is 3. The van der Waals surface area contributed by atoms with Crippen LogP contribution in [0.15, 0.2) is 35.7 Å². The van der Waals surface area contributed by atoms with Gasteiger partial charge in [0.2, 0.25) is 0 Å². The molecule has 1 aromatic carbocycles. The Kier molecular flexibility index (Phi) is 3.36. The van der Waals surface area contributed by atoms with E-state index in [1.165, 1.54) is 4.88 Å². The third-order valence-corrected chi connectivity index (χ3v) is 3.65. The van der Waals surface area contributed by atoms with E-state index < -0.39 is 0 Å². The first kappa shape index (κ1) is 11.3. The molecule has 0 bridgehead atoms. The molecule has 0 saturated carbocycles. The van der Waals surface area contributed by atoms with Crippen LogP contribution in [0.3, 0.4) is 0 Å². The van der Waals surface area contributed by atoms with E-state index in [0.29, 0.717) is 10.7 Å². The zero-order valence-corrected chi connectivity index (χ0v) is 10.5. The van der Waals surface area contributed by atoms with Gasteiger partial charge in [-0.1, -0.05) is 17.7 Å². The number of hydrogen-bond donors (Lipinski definition) is 2. The van der Waals surface area contributed by atoms with Gasteiger partial charge >= 0.3 is 0 Å². The zero-order chi connectivity index (χ0) is 11.5. The Labute approximate surface area is 104 Å². The number of hydrogen-bond acceptors (Lipinski definition) is 3. The zero-order valence-electron chi connectivity index (χ0n) is 8.91. The first-order valence-corrected chi connectivity index (χ1v) is 6.27. The van der Waals surface area contributed by atoms with Gasteiger partial charge in [-0.2, -0.15) is 0 Å². The molecule has 2 aromatic rings. The predicted octanol–water partition coefficient (Wildman–Crippen LogP) is 4.16. The van der Waals surface area contributed by atoms with Crippen molar-refractivity contribution in [3.05, 3.63) is 45.6 Å². The van der Waals surface area contributed by atoms with Gasteiger partial charge in [0.05, 0.1) is 17.4 Å². The second kappa shape index (κ2) is 4.76. The smallest absolute Gasteiger partial charge is 0.0579 e. The highest BCUT2D eigenvalue weighted by Crippen LogP contribution is 2.28. The van der Waals surface area contributed by atoms with E-state index in [4.69, 9.17) is 17.3 Å². The number of nitrogen functional groups attached to an aromatic ring is 1. The molecule has 0 aliphatic rings. The van der Waals surface area contributed by atoms with Crippen LogP contribution in [0, 0.1) is 0 Å². The fourth-order valence-electron chi connectivity index (χ4n) is 1.51. The molecule has 0 amide bonds. The summed E-state index contributed by atoms with van der Waals surface area (Å²) in [4.78, 5) is 1.29. The van der Waals surface area contributed by atoms with Crippen LogP contribution in [0.2, 0.25) is 5.02 Å². The average Bonchev–Trinajstić information content (AvgIpc) is 2.75. The van der Waals surface area contributed by atoms with Gasteiger partial charge in [0.15, 0.2) is 0 Å². The molecule has 0 spiro atoms. The van der Waals surface area contributed by atoms with Crippen molar-refractivity contribution in [2.75, 3.05) is 11.1 Å². The molecule has 3 N–H and O–H groups in total. The van der Waals surface area contributed by atoms with Crippen molar-refractivity contribution in [3.63, 3.8) is 0 Å². The summed E-state index contributed by atoms with van der Waals surface area (Å²) in [5.41, 5.74) is 7.48. The van der Waals surface area contributed by atoms with Crippen molar-refractivity contribution < 1.29 is 0 Å². The van der Waals surface area contributed by atoms with Crippen LogP contribution in [0.1, 0.15) is 17.8 Å². The fourth-order valence-corrected chi connectivity index (χ4v) is 2.42. The minimum Gasteiger partial charge on any atom is -0.397 e. The Morgan fingerprint density at radius 3 is 2.81 bits per heavy atom. The normalized spacial score (nSPS) is 12.4.